The average molecular weight is 418 g/mol. The van der Waals surface area contributed by atoms with E-state index in [1.165, 1.54) is 11.6 Å². The standard InChI is InChI=1S/C25H26N2O4/c1-18(19-7-10-22(11-8-19)31-21-5-3-2-4-6-21)26-13-15-27(16-14-26)20-9-12-24(28)23(17-20)25(29)30/h2-12,17-18,28H,13-16H2,1H3,(H,29,30). The highest BCUT2D eigenvalue weighted by Gasteiger charge is 2.23. The number of phenols is 1. The van der Waals surface area contributed by atoms with E-state index >= 15 is 0 Å². The summed E-state index contributed by atoms with van der Waals surface area (Å²) < 4.78 is 5.88. The van der Waals surface area contributed by atoms with Gasteiger partial charge in [0.05, 0.1) is 0 Å². The van der Waals surface area contributed by atoms with Crippen molar-refractivity contribution in [3.63, 3.8) is 0 Å². The smallest absolute Gasteiger partial charge is 0.339 e. The van der Waals surface area contributed by atoms with Gasteiger partial charge in [0, 0.05) is 37.9 Å². The highest BCUT2D eigenvalue weighted by Crippen LogP contribution is 2.29. The van der Waals surface area contributed by atoms with Gasteiger partial charge < -0.3 is 19.8 Å². The van der Waals surface area contributed by atoms with Crippen LogP contribution in [-0.4, -0.2) is 47.3 Å². The molecule has 0 bridgehead atoms. The van der Waals surface area contributed by atoms with Gasteiger partial charge in [0.1, 0.15) is 22.8 Å². The molecule has 0 amide bonds. The van der Waals surface area contributed by atoms with Crippen LogP contribution in [0, 0.1) is 0 Å². The second-order valence-electron chi connectivity index (χ2n) is 7.69. The molecular formula is C25H26N2O4. The van der Waals surface area contributed by atoms with Crippen molar-refractivity contribution >= 4 is 11.7 Å². The molecular weight excluding hydrogens is 392 g/mol. The molecule has 1 aliphatic rings. The van der Waals surface area contributed by atoms with E-state index in [-0.39, 0.29) is 17.4 Å². The van der Waals surface area contributed by atoms with E-state index in [0.29, 0.717) is 0 Å². The third kappa shape index (κ3) is 4.81. The Bertz CT molecular complexity index is 1030. The van der Waals surface area contributed by atoms with Gasteiger partial charge in [0.15, 0.2) is 0 Å². The number of nitrogens with zero attached hydrogens (tertiary/aromatic N) is 2. The van der Waals surface area contributed by atoms with Crippen molar-refractivity contribution in [1.29, 1.82) is 0 Å². The van der Waals surface area contributed by atoms with Crippen LogP contribution in [0.2, 0.25) is 0 Å². The first-order valence-electron chi connectivity index (χ1n) is 10.4. The molecule has 0 radical (unpaired) electrons. The Morgan fingerprint density at radius 1 is 0.903 bits per heavy atom. The third-order valence-corrected chi connectivity index (χ3v) is 5.78. The maximum absolute atomic E-state index is 11.3. The van der Waals surface area contributed by atoms with Gasteiger partial charge in [0.25, 0.3) is 0 Å². The maximum Gasteiger partial charge on any atom is 0.339 e. The van der Waals surface area contributed by atoms with Crippen molar-refractivity contribution < 1.29 is 19.7 Å². The van der Waals surface area contributed by atoms with E-state index in [1.807, 2.05) is 42.5 Å². The molecule has 6 nitrogen and oxygen atoms in total. The molecule has 0 aliphatic carbocycles. The molecule has 2 N–H and O–H groups in total. The van der Waals surface area contributed by atoms with Gasteiger partial charge in [-0.2, -0.15) is 0 Å². The molecule has 160 valence electrons. The van der Waals surface area contributed by atoms with E-state index < -0.39 is 5.97 Å². The van der Waals surface area contributed by atoms with Crippen molar-refractivity contribution in [2.45, 2.75) is 13.0 Å². The number of carbonyl (C=O) groups is 1. The van der Waals surface area contributed by atoms with Crippen LogP contribution in [0.25, 0.3) is 0 Å². The lowest BCUT2D eigenvalue weighted by Gasteiger charge is -2.39. The Morgan fingerprint density at radius 2 is 1.55 bits per heavy atom. The topological polar surface area (TPSA) is 73.2 Å². The van der Waals surface area contributed by atoms with Crippen molar-refractivity contribution in [1.82, 2.24) is 4.90 Å². The molecule has 1 atom stereocenters. The Morgan fingerprint density at radius 3 is 2.19 bits per heavy atom. The molecule has 0 aromatic heterocycles. The Labute approximate surface area is 181 Å². The molecule has 31 heavy (non-hydrogen) atoms. The second kappa shape index (κ2) is 9.10. The molecule has 1 unspecified atom stereocenters. The van der Waals surface area contributed by atoms with E-state index in [2.05, 4.69) is 28.9 Å². The van der Waals surface area contributed by atoms with E-state index in [4.69, 9.17) is 4.74 Å². The van der Waals surface area contributed by atoms with Crippen LogP contribution in [-0.2, 0) is 0 Å². The number of anilines is 1. The van der Waals surface area contributed by atoms with Crippen LogP contribution in [0.5, 0.6) is 17.2 Å². The SMILES string of the molecule is CC(c1ccc(Oc2ccccc2)cc1)N1CCN(c2ccc(O)c(C(=O)O)c2)CC1. The summed E-state index contributed by atoms with van der Waals surface area (Å²) >= 11 is 0. The zero-order valence-electron chi connectivity index (χ0n) is 17.4. The number of benzene rings is 3. The number of para-hydroxylation sites is 1. The molecule has 3 aromatic rings. The van der Waals surface area contributed by atoms with Gasteiger partial charge in [0.2, 0.25) is 0 Å². The first-order valence-corrected chi connectivity index (χ1v) is 10.4. The molecule has 4 rings (SSSR count). The van der Waals surface area contributed by atoms with Gasteiger partial charge in [-0.3, -0.25) is 4.90 Å². The third-order valence-electron chi connectivity index (χ3n) is 5.78. The molecule has 1 fully saturated rings. The minimum atomic E-state index is -1.12. The van der Waals surface area contributed by atoms with Gasteiger partial charge in [-0.1, -0.05) is 30.3 Å². The van der Waals surface area contributed by atoms with Crippen LogP contribution in [0.3, 0.4) is 0 Å². The fraction of sp³-hybridized carbons (Fsp3) is 0.240. The number of carboxylic acids is 1. The largest absolute Gasteiger partial charge is 0.507 e. The van der Waals surface area contributed by atoms with Crippen LogP contribution in [0.1, 0.15) is 28.9 Å². The first-order chi connectivity index (χ1) is 15.0. The molecule has 1 heterocycles. The van der Waals surface area contributed by atoms with Gasteiger partial charge in [-0.15, -0.1) is 0 Å². The van der Waals surface area contributed by atoms with Crippen LogP contribution >= 0.6 is 0 Å². The van der Waals surface area contributed by atoms with Crippen LogP contribution in [0.15, 0.2) is 72.8 Å². The van der Waals surface area contributed by atoms with Crippen molar-refractivity contribution in [2.75, 3.05) is 31.1 Å². The Kier molecular flexibility index (Phi) is 6.09. The van der Waals surface area contributed by atoms with E-state index in [9.17, 15) is 15.0 Å². The molecule has 1 saturated heterocycles. The van der Waals surface area contributed by atoms with Gasteiger partial charge >= 0.3 is 5.97 Å². The predicted octanol–water partition coefficient (Wildman–Crippen LogP) is 4.77. The monoisotopic (exact) mass is 418 g/mol. The lowest BCUT2D eigenvalue weighted by Crippen LogP contribution is -2.47. The first kappa shape index (κ1) is 20.8. The fourth-order valence-electron chi connectivity index (χ4n) is 3.91. The van der Waals surface area contributed by atoms with E-state index in [1.54, 1.807) is 12.1 Å². The van der Waals surface area contributed by atoms with Crippen LogP contribution < -0.4 is 9.64 Å². The molecule has 1 aliphatic heterocycles. The minimum Gasteiger partial charge on any atom is -0.507 e. The Balaban J connectivity index is 1.36. The summed E-state index contributed by atoms with van der Waals surface area (Å²) in [6, 6.07) is 23.0. The molecule has 0 spiro atoms. The summed E-state index contributed by atoms with van der Waals surface area (Å²) in [5.74, 6) is 0.308. The van der Waals surface area contributed by atoms with E-state index in [0.717, 1.165) is 43.4 Å². The summed E-state index contributed by atoms with van der Waals surface area (Å²) in [4.78, 5) is 15.9. The van der Waals surface area contributed by atoms with Gasteiger partial charge in [-0.25, -0.2) is 4.79 Å². The fourth-order valence-corrected chi connectivity index (χ4v) is 3.91. The lowest BCUT2D eigenvalue weighted by molar-refractivity contribution is 0.0693. The Hall–Kier alpha value is -3.51. The molecule has 3 aromatic carbocycles. The van der Waals surface area contributed by atoms with Crippen molar-refractivity contribution in [2.24, 2.45) is 0 Å². The normalized spacial score (nSPS) is 15.5. The number of piperazine rings is 1. The minimum absolute atomic E-state index is 0.0638. The number of hydrogen-bond donors (Lipinski definition) is 2. The maximum atomic E-state index is 11.3. The lowest BCUT2D eigenvalue weighted by atomic mass is 10.1. The zero-order chi connectivity index (χ0) is 21.8. The number of hydrogen-bond acceptors (Lipinski definition) is 5. The zero-order valence-corrected chi connectivity index (χ0v) is 17.4. The summed E-state index contributed by atoms with van der Waals surface area (Å²) in [6.45, 7) is 5.53. The number of carboxylic acid groups (broad SMARTS) is 1. The predicted molar refractivity (Wildman–Crippen MR) is 120 cm³/mol. The number of aromatic hydroxyl groups is 1. The van der Waals surface area contributed by atoms with Crippen LogP contribution in [0.4, 0.5) is 5.69 Å². The highest BCUT2D eigenvalue weighted by molar-refractivity contribution is 5.92. The molecule has 0 saturated carbocycles. The summed E-state index contributed by atoms with van der Waals surface area (Å²) in [5.41, 5.74) is 1.99. The second-order valence-corrected chi connectivity index (χ2v) is 7.69. The van der Waals surface area contributed by atoms with Crippen molar-refractivity contribution in [3.05, 3.63) is 83.9 Å². The number of aromatic carboxylic acids is 1. The summed E-state index contributed by atoms with van der Waals surface area (Å²) in [7, 11) is 0. The van der Waals surface area contributed by atoms with Gasteiger partial charge in [-0.05, 0) is 55.0 Å². The quantitative estimate of drug-likeness (QED) is 0.601. The summed E-state index contributed by atoms with van der Waals surface area (Å²) in [6.07, 6.45) is 0. The highest BCUT2D eigenvalue weighted by atomic mass is 16.5. The number of ether oxygens (including phenoxy) is 1. The summed E-state index contributed by atoms with van der Waals surface area (Å²) in [5, 5.41) is 19.0. The van der Waals surface area contributed by atoms with Crippen molar-refractivity contribution in [3.8, 4) is 17.2 Å². The number of rotatable bonds is 6. The average Bonchev–Trinajstić information content (AvgIpc) is 2.80. The molecule has 6 heteroatoms.